The third-order valence-electron chi connectivity index (χ3n) is 5.48. The Hall–Kier alpha value is -1.31. The number of rotatable bonds is 3. The molecular formula is C21H33IN4O. The van der Waals surface area contributed by atoms with E-state index < -0.39 is 0 Å². The van der Waals surface area contributed by atoms with Crippen LogP contribution in [0.3, 0.4) is 0 Å². The van der Waals surface area contributed by atoms with Crippen molar-refractivity contribution in [3.05, 3.63) is 35.4 Å². The van der Waals surface area contributed by atoms with E-state index in [0.29, 0.717) is 5.41 Å². The Balaban J connectivity index is 0.00000261. The molecule has 27 heavy (non-hydrogen) atoms. The zero-order valence-corrected chi connectivity index (χ0v) is 19.2. The van der Waals surface area contributed by atoms with Crippen LogP contribution in [0.4, 0.5) is 0 Å². The van der Waals surface area contributed by atoms with Crippen molar-refractivity contribution in [2.75, 3.05) is 33.2 Å². The maximum atomic E-state index is 12.5. The fourth-order valence-corrected chi connectivity index (χ4v) is 3.85. The van der Waals surface area contributed by atoms with Gasteiger partial charge >= 0.3 is 0 Å². The molecule has 1 N–H and O–H groups in total. The maximum Gasteiger partial charge on any atom is 0.253 e. The smallest absolute Gasteiger partial charge is 0.253 e. The van der Waals surface area contributed by atoms with Gasteiger partial charge in [-0.1, -0.05) is 26.0 Å². The molecule has 0 radical (unpaired) electrons. The minimum atomic E-state index is 0. The van der Waals surface area contributed by atoms with Gasteiger partial charge in [0.1, 0.15) is 0 Å². The van der Waals surface area contributed by atoms with E-state index in [1.54, 1.807) is 0 Å². The molecule has 0 aromatic heterocycles. The normalized spacial score (nSPS) is 19.6. The van der Waals surface area contributed by atoms with E-state index in [-0.39, 0.29) is 29.9 Å². The zero-order chi connectivity index (χ0) is 18.6. The molecule has 0 spiro atoms. The minimum Gasteiger partial charge on any atom is -0.352 e. The molecule has 1 aromatic carbocycles. The lowest BCUT2D eigenvalue weighted by molar-refractivity contribution is 0.0724. The summed E-state index contributed by atoms with van der Waals surface area (Å²) < 4.78 is 0. The van der Waals surface area contributed by atoms with Crippen LogP contribution in [0, 0.1) is 5.41 Å². The summed E-state index contributed by atoms with van der Waals surface area (Å²) in [5.74, 6) is 1.13. The first-order valence-corrected chi connectivity index (χ1v) is 9.82. The van der Waals surface area contributed by atoms with E-state index in [1.165, 1.54) is 18.4 Å². The van der Waals surface area contributed by atoms with Crippen molar-refractivity contribution in [3.8, 4) is 0 Å². The average Bonchev–Trinajstić information content (AvgIpc) is 3.02. The van der Waals surface area contributed by atoms with Crippen molar-refractivity contribution in [2.45, 2.75) is 46.1 Å². The van der Waals surface area contributed by atoms with Gasteiger partial charge in [-0.05, 0) is 48.8 Å². The van der Waals surface area contributed by atoms with E-state index in [4.69, 9.17) is 0 Å². The molecule has 3 rings (SSSR count). The molecule has 6 heteroatoms. The third-order valence-corrected chi connectivity index (χ3v) is 5.48. The number of carbonyl (C=O) groups is 1. The van der Waals surface area contributed by atoms with Gasteiger partial charge in [-0.25, -0.2) is 0 Å². The van der Waals surface area contributed by atoms with Gasteiger partial charge < -0.3 is 15.1 Å². The van der Waals surface area contributed by atoms with Crippen LogP contribution < -0.4 is 5.32 Å². The molecule has 2 heterocycles. The number of hydrogen-bond donors (Lipinski definition) is 1. The highest BCUT2D eigenvalue weighted by molar-refractivity contribution is 14.0. The van der Waals surface area contributed by atoms with Crippen LogP contribution in [-0.4, -0.2) is 54.9 Å². The highest BCUT2D eigenvalue weighted by Crippen LogP contribution is 2.28. The van der Waals surface area contributed by atoms with Crippen molar-refractivity contribution in [1.82, 2.24) is 15.1 Å². The van der Waals surface area contributed by atoms with Crippen LogP contribution in [0.25, 0.3) is 0 Å². The topological polar surface area (TPSA) is 47.9 Å². The Morgan fingerprint density at radius 1 is 1.07 bits per heavy atom. The number of carbonyl (C=O) groups excluding carboxylic acids is 1. The van der Waals surface area contributed by atoms with Crippen LogP contribution >= 0.6 is 24.0 Å². The molecule has 2 aliphatic heterocycles. The Kier molecular flexibility index (Phi) is 7.94. The molecule has 1 amide bonds. The summed E-state index contributed by atoms with van der Waals surface area (Å²) in [6, 6.07) is 8.00. The summed E-state index contributed by atoms with van der Waals surface area (Å²) in [5.41, 5.74) is 2.31. The number of halogens is 1. The number of nitrogens with one attached hydrogen (secondary N) is 1. The van der Waals surface area contributed by atoms with E-state index in [1.807, 2.05) is 36.2 Å². The van der Waals surface area contributed by atoms with Gasteiger partial charge in [0.15, 0.2) is 5.96 Å². The second-order valence-corrected chi connectivity index (χ2v) is 8.29. The van der Waals surface area contributed by atoms with Gasteiger partial charge in [-0.15, -0.1) is 24.0 Å². The van der Waals surface area contributed by atoms with Crippen molar-refractivity contribution in [1.29, 1.82) is 0 Å². The average molecular weight is 484 g/mol. The molecule has 0 unspecified atom stereocenters. The Bertz CT molecular complexity index is 651. The Morgan fingerprint density at radius 2 is 1.74 bits per heavy atom. The monoisotopic (exact) mass is 484 g/mol. The second kappa shape index (κ2) is 9.75. The van der Waals surface area contributed by atoms with Gasteiger partial charge in [-0.3, -0.25) is 9.79 Å². The van der Waals surface area contributed by atoms with Crippen LogP contribution in [-0.2, 0) is 6.54 Å². The third kappa shape index (κ3) is 5.83. The summed E-state index contributed by atoms with van der Waals surface area (Å²) in [6.07, 6.45) is 4.69. The summed E-state index contributed by atoms with van der Waals surface area (Å²) in [7, 11) is 1.84. The molecule has 1 aromatic rings. The number of likely N-dealkylation sites (tertiary alicyclic amines) is 2. The van der Waals surface area contributed by atoms with Gasteiger partial charge in [0.25, 0.3) is 5.91 Å². The lowest BCUT2D eigenvalue weighted by Gasteiger charge is -2.26. The minimum absolute atomic E-state index is 0. The van der Waals surface area contributed by atoms with Crippen molar-refractivity contribution in [2.24, 2.45) is 10.4 Å². The number of hydrogen-bond acceptors (Lipinski definition) is 2. The van der Waals surface area contributed by atoms with Crippen LogP contribution in [0.1, 0.15) is 55.5 Å². The first-order chi connectivity index (χ1) is 12.5. The van der Waals surface area contributed by atoms with Crippen molar-refractivity contribution < 1.29 is 4.79 Å². The molecule has 2 fully saturated rings. The lowest BCUT2D eigenvalue weighted by Crippen LogP contribution is -2.40. The first kappa shape index (κ1) is 22.0. The Morgan fingerprint density at radius 3 is 2.30 bits per heavy atom. The molecule has 2 saturated heterocycles. The van der Waals surface area contributed by atoms with Gasteiger partial charge in [-0.2, -0.15) is 0 Å². The van der Waals surface area contributed by atoms with Gasteiger partial charge in [0, 0.05) is 45.3 Å². The molecule has 0 aliphatic carbocycles. The SMILES string of the molecule is CN=C(NCc1ccc(C(=O)N2CCCCC2)cc1)N1CCC(C)(C)C1.I. The summed E-state index contributed by atoms with van der Waals surface area (Å²) >= 11 is 0. The molecule has 0 atom stereocenters. The van der Waals surface area contributed by atoms with Crippen molar-refractivity contribution in [3.63, 3.8) is 0 Å². The van der Waals surface area contributed by atoms with E-state index in [0.717, 1.165) is 57.1 Å². The van der Waals surface area contributed by atoms with Crippen LogP contribution in [0.5, 0.6) is 0 Å². The van der Waals surface area contributed by atoms with E-state index in [2.05, 4.69) is 29.1 Å². The van der Waals surface area contributed by atoms with Gasteiger partial charge in [0.05, 0.1) is 0 Å². The predicted molar refractivity (Wildman–Crippen MR) is 122 cm³/mol. The molecular weight excluding hydrogens is 451 g/mol. The highest BCUT2D eigenvalue weighted by Gasteiger charge is 2.30. The number of piperidine rings is 1. The molecule has 0 saturated carbocycles. The zero-order valence-electron chi connectivity index (χ0n) is 16.8. The molecule has 150 valence electrons. The molecule has 5 nitrogen and oxygen atoms in total. The number of benzene rings is 1. The summed E-state index contributed by atoms with van der Waals surface area (Å²) in [4.78, 5) is 21.3. The lowest BCUT2D eigenvalue weighted by atomic mass is 9.93. The van der Waals surface area contributed by atoms with Crippen LogP contribution in [0.2, 0.25) is 0 Å². The van der Waals surface area contributed by atoms with Crippen LogP contribution in [0.15, 0.2) is 29.3 Å². The standard InChI is InChI=1S/C21H32N4O.HI/c1-21(2)11-14-25(16-21)20(22-3)23-15-17-7-9-18(10-8-17)19(26)24-12-5-4-6-13-24;/h7-10H,4-6,11-16H2,1-3H3,(H,22,23);1H. The predicted octanol–water partition coefficient (Wildman–Crippen LogP) is 3.74. The summed E-state index contributed by atoms with van der Waals surface area (Å²) in [5, 5.41) is 3.46. The van der Waals surface area contributed by atoms with E-state index >= 15 is 0 Å². The first-order valence-electron chi connectivity index (χ1n) is 9.82. The second-order valence-electron chi connectivity index (χ2n) is 8.29. The molecule has 2 aliphatic rings. The number of guanidine groups is 1. The Labute approximate surface area is 180 Å². The largest absolute Gasteiger partial charge is 0.352 e. The van der Waals surface area contributed by atoms with Crippen molar-refractivity contribution >= 4 is 35.8 Å². The fraction of sp³-hybridized carbons (Fsp3) is 0.619. The maximum absolute atomic E-state index is 12.5. The fourth-order valence-electron chi connectivity index (χ4n) is 3.85. The highest BCUT2D eigenvalue weighted by atomic mass is 127. The summed E-state index contributed by atoms with van der Waals surface area (Å²) in [6.45, 7) is 9.21. The number of amides is 1. The number of aliphatic imine (C=N–C) groups is 1. The number of nitrogens with zero attached hydrogens (tertiary/aromatic N) is 3. The molecule has 0 bridgehead atoms. The quantitative estimate of drug-likeness (QED) is 0.404. The van der Waals surface area contributed by atoms with Gasteiger partial charge in [0.2, 0.25) is 0 Å². The van der Waals surface area contributed by atoms with E-state index in [9.17, 15) is 4.79 Å².